The topological polar surface area (TPSA) is 20.2 Å². The van der Waals surface area contributed by atoms with Gasteiger partial charge in [0.2, 0.25) is 0 Å². The standard InChI is InChI=1S/C14H28O/c1-3-5-8-12(4-2)11-13-9-6-7-10-14(13)15/h12-15H,3-11H2,1-2H3/t12-,13+,14+/m1/s1. The monoisotopic (exact) mass is 212 g/mol. The molecule has 1 aliphatic rings. The first kappa shape index (κ1) is 13.0. The summed E-state index contributed by atoms with van der Waals surface area (Å²) in [6.07, 6.45) is 11.5. The molecule has 15 heavy (non-hydrogen) atoms. The molecular formula is C14H28O. The van der Waals surface area contributed by atoms with Crippen LogP contribution in [0, 0.1) is 11.8 Å². The van der Waals surface area contributed by atoms with Crippen LogP contribution in [-0.4, -0.2) is 11.2 Å². The van der Waals surface area contributed by atoms with Gasteiger partial charge in [0, 0.05) is 0 Å². The lowest BCUT2D eigenvalue weighted by molar-refractivity contribution is 0.0545. The van der Waals surface area contributed by atoms with Gasteiger partial charge in [-0.05, 0) is 31.1 Å². The Morgan fingerprint density at radius 3 is 2.53 bits per heavy atom. The number of aliphatic hydroxyl groups excluding tert-OH is 1. The Kier molecular flexibility index (Phi) is 6.31. The van der Waals surface area contributed by atoms with Gasteiger partial charge in [-0.1, -0.05) is 52.4 Å². The van der Waals surface area contributed by atoms with Crippen molar-refractivity contribution in [2.24, 2.45) is 11.8 Å². The van der Waals surface area contributed by atoms with Gasteiger partial charge in [-0.25, -0.2) is 0 Å². The van der Waals surface area contributed by atoms with Crippen LogP contribution in [0.15, 0.2) is 0 Å². The van der Waals surface area contributed by atoms with E-state index in [1.54, 1.807) is 0 Å². The summed E-state index contributed by atoms with van der Waals surface area (Å²) in [5.41, 5.74) is 0. The molecule has 1 heteroatoms. The molecule has 1 rings (SSSR count). The Balaban J connectivity index is 2.29. The SMILES string of the molecule is CCCC[C@@H](CC)C[C@@H]1CCCC[C@@H]1O. The minimum Gasteiger partial charge on any atom is -0.393 e. The first-order valence-electron chi connectivity index (χ1n) is 6.96. The highest BCUT2D eigenvalue weighted by molar-refractivity contribution is 4.76. The maximum atomic E-state index is 9.94. The van der Waals surface area contributed by atoms with Crippen molar-refractivity contribution in [3.8, 4) is 0 Å². The molecule has 0 heterocycles. The number of aliphatic hydroxyl groups is 1. The summed E-state index contributed by atoms with van der Waals surface area (Å²) in [5, 5.41) is 9.94. The van der Waals surface area contributed by atoms with Crippen molar-refractivity contribution in [1.29, 1.82) is 0 Å². The van der Waals surface area contributed by atoms with E-state index in [4.69, 9.17) is 0 Å². The normalized spacial score (nSPS) is 29.0. The fourth-order valence-corrected chi connectivity index (χ4v) is 2.87. The van der Waals surface area contributed by atoms with E-state index in [9.17, 15) is 5.11 Å². The Labute approximate surface area is 95.3 Å². The second kappa shape index (κ2) is 7.27. The van der Waals surface area contributed by atoms with Gasteiger partial charge < -0.3 is 5.11 Å². The largest absolute Gasteiger partial charge is 0.393 e. The van der Waals surface area contributed by atoms with Crippen molar-refractivity contribution in [3.05, 3.63) is 0 Å². The maximum absolute atomic E-state index is 9.94. The Morgan fingerprint density at radius 2 is 1.93 bits per heavy atom. The predicted molar refractivity (Wildman–Crippen MR) is 65.9 cm³/mol. The second-order valence-corrected chi connectivity index (χ2v) is 5.26. The van der Waals surface area contributed by atoms with E-state index >= 15 is 0 Å². The lowest BCUT2D eigenvalue weighted by atomic mass is 9.79. The van der Waals surface area contributed by atoms with Crippen LogP contribution in [0.1, 0.15) is 71.6 Å². The van der Waals surface area contributed by atoms with E-state index in [0.717, 1.165) is 12.3 Å². The smallest absolute Gasteiger partial charge is 0.0568 e. The summed E-state index contributed by atoms with van der Waals surface area (Å²) >= 11 is 0. The fraction of sp³-hybridized carbons (Fsp3) is 1.00. The zero-order valence-electron chi connectivity index (χ0n) is 10.5. The molecule has 0 aromatic heterocycles. The average Bonchev–Trinajstić information content (AvgIpc) is 2.26. The van der Waals surface area contributed by atoms with E-state index in [-0.39, 0.29) is 6.10 Å². The third kappa shape index (κ3) is 4.55. The molecule has 0 aromatic rings. The first-order valence-corrected chi connectivity index (χ1v) is 6.96. The first-order chi connectivity index (χ1) is 7.27. The Morgan fingerprint density at radius 1 is 1.20 bits per heavy atom. The average molecular weight is 212 g/mol. The van der Waals surface area contributed by atoms with Crippen molar-refractivity contribution in [3.63, 3.8) is 0 Å². The molecular weight excluding hydrogens is 184 g/mol. The molecule has 0 radical (unpaired) electrons. The van der Waals surface area contributed by atoms with Crippen molar-refractivity contribution >= 4 is 0 Å². The van der Waals surface area contributed by atoms with Gasteiger partial charge in [-0.3, -0.25) is 0 Å². The van der Waals surface area contributed by atoms with Crippen LogP contribution >= 0.6 is 0 Å². The molecule has 1 fully saturated rings. The molecule has 0 amide bonds. The quantitative estimate of drug-likeness (QED) is 0.701. The molecule has 1 nitrogen and oxygen atoms in total. The van der Waals surface area contributed by atoms with Gasteiger partial charge in [0.15, 0.2) is 0 Å². The molecule has 90 valence electrons. The molecule has 0 saturated heterocycles. The molecule has 0 unspecified atom stereocenters. The number of hydrogen-bond acceptors (Lipinski definition) is 1. The van der Waals surface area contributed by atoms with E-state index in [1.807, 2.05) is 0 Å². The lowest BCUT2D eigenvalue weighted by Crippen LogP contribution is -2.26. The predicted octanol–water partition coefficient (Wildman–Crippen LogP) is 4.14. The number of hydrogen-bond donors (Lipinski definition) is 1. The van der Waals surface area contributed by atoms with Gasteiger partial charge in [0.05, 0.1) is 6.10 Å². The van der Waals surface area contributed by atoms with Crippen molar-refractivity contribution in [2.75, 3.05) is 0 Å². The minimum absolute atomic E-state index is 0.00873. The second-order valence-electron chi connectivity index (χ2n) is 5.26. The summed E-state index contributed by atoms with van der Waals surface area (Å²) < 4.78 is 0. The molecule has 0 spiro atoms. The highest BCUT2D eigenvalue weighted by Gasteiger charge is 2.25. The van der Waals surface area contributed by atoms with E-state index in [0.29, 0.717) is 5.92 Å². The third-order valence-electron chi connectivity index (χ3n) is 4.05. The van der Waals surface area contributed by atoms with Gasteiger partial charge in [0.1, 0.15) is 0 Å². The number of rotatable bonds is 6. The highest BCUT2D eigenvalue weighted by Crippen LogP contribution is 2.32. The van der Waals surface area contributed by atoms with E-state index in [2.05, 4.69) is 13.8 Å². The lowest BCUT2D eigenvalue weighted by Gasteiger charge is -2.30. The summed E-state index contributed by atoms with van der Waals surface area (Å²) in [6.45, 7) is 4.57. The zero-order chi connectivity index (χ0) is 11.1. The van der Waals surface area contributed by atoms with Crippen LogP contribution in [0.3, 0.4) is 0 Å². The van der Waals surface area contributed by atoms with Gasteiger partial charge >= 0.3 is 0 Å². The summed E-state index contributed by atoms with van der Waals surface area (Å²) in [6, 6.07) is 0. The summed E-state index contributed by atoms with van der Waals surface area (Å²) in [5.74, 6) is 1.48. The van der Waals surface area contributed by atoms with Gasteiger partial charge in [-0.2, -0.15) is 0 Å². The molecule has 1 N–H and O–H groups in total. The van der Waals surface area contributed by atoms with Gasteiger partial charge in [-0.15, -0.1) is 0 Å². The molecule has 0 aliphatic heterocycles. The van der Waals surface area contributed by atoms with Crippen molar-refractivity contribution < 1.29 is 5.11 Å². The molecule has 1 saturated carbocycles. The molecule has 3 atom stereocenters. The van der Waals surface area contributed by atoms with E-state index < -0.39 is 0 Å². The van der Waals surface area contributed by atoms with Crippen molar-refractivity contribution in [2.45, 2.75) is 77.7 Å². The summed E-state index contributed by atoms with van der Waals surface area (Å²) in [4.78, 5) is 0. The van der Waals surface area contributed by atoms with Crippen LogP contribution in [0.25, 0.3) is 0 Å². The van der Waals surface area contributed by atoms with Crippen LogP contribution in [0.4, 0.5) is 0 Å². The van der Waals surface area contributed by atoms with Crippen LogP contribution in [0.5, 0.6) is 0 Å². The molecule has 0 bridgehead atoms. The maximum Gasteiger partial charge on any atom is 0.0568 e. The fourth-order valence-electron chi connectivity index (χ4n) is 2.87. The van der Waals surface area contributed by atoms with Gasteiger partial charge in [0.25, 0.3) is 0 Å². The zero-order valence-corrected chi connectivity index (χ0v) is 10.5. The van der Waals surface area contributed by atoms with E-state index in [1.165, 1.54) is 51.4 Å². The Bertz CT molecular complexity index is 155. The van der Waals surface area contributed by atoms with Crippen LogP contribution in [-0.2, 0) is 0 Å². The molecule has 1 aliphatic carbocycles. The molecule has 0 aromatic carbocycles. The minimum atomic E-state index is 0.00873. The third-order valence-corrected chi connectivity index (χ3v) is 4.05. The number of unbranched alkanes of at least 4 members (excludes halogenated alkanes) is 1. The highest BCUT2D eigenvalue weighted by atomic mass is 16.3. The van der Waals surface area contributed by atoms with Crippen molar-refractivity contribution in [1.82, 2.24) is 0 Å². The Hall–Kier alpha value is -0.0400. The van der Waals surface area contributed by atoms with Crippen LogP contribution < -0.4 is 0 Å². The summed E-state index contributed by atoms with van der Waals surface area (Å²) in [7, 11) is 0. The van der Waals surface area contributed by atoms with Crippen LogP contribution in [0.2, 0.25) is 0 Å².